The maximum atomic E-state index is 6.02. The van der Waals surface area contributed by atoms with Crippen LogP contribution in [0.25, 0.3) is 21.1 Å². The zero-order valence-corrected chi connectivity index (χ0v) is 12.4. The molecule has 3 nitrogen and oxygen atoms in total. The lowest BCUT2D eigenvalue weighted by Gasteiger charge is -2.06. The molecule has 2 aromatic carbocycles. The van der Waals surface area contributed by atoms with Crippen molar-refractivity contribution in [2.45, 2.75) is 0 Å². The monoisotopic (exact) mass is 311 g/mol. The molecule has 0 amide bonds. The zero-order valence-electron chi connectivity index (χ0n) is 10.9. The van der Waals surface area contributed by atoms with Crippen molar-refractivity contribution in [3.05, 3.63) is 59.8 Å². The van der Waals surface area contributed by atoms with Crippen LogP contribution in [-0.4, -0.2) is 9.97 Å². The number of hydrogen-bond acceptors (Lipinski definition) is 4. The number of hydrogen-bond donors (Lipinski definition) is 1. The predicted molar refractivity (Wildman–Crippen MR) is 89.7 cm³/mol. The second-order valence-corrected chi connectivity index (χ2v) is 6.10. The Morgan fingerprint density at radius 1 is 1.00 bits per heavy atom. The Hall–Kier alpha value is -2.17. The first kappa shape index (κ1) is 12.6. The molecule has 21 heavy (non-hydrogen) atoms. The first-order chi connectivity index (χ1) is 10.3. The lowest BCUT2D eigenvalue weighted by molar-refractivity contribution is 1.40. The van der Waals surface area contributed by atoms with Crippen molar-refractivity contribution in [2.75, 3.05) is 5.32 Å². The lowest BCUT2D eigenvalue weighted by Crippen LogP contribution is -1.91. The van der Waals surface area contributed by atoms with E-state index >= 15 is 0 Å². The highest BCUT2D eigenvalue weighted by Gasteiger charge is 2.07. The highest BCUT2D eigenvalue weighted by Crippen LogP contribution is 2.32. The number of nitrogens with one attached hydrogen (secondary N) is 1. The second-order valence-electron chi connectivity index (χ2n) is 4.63. The smallest absolute Gasteiger partial charge is 0.188 e. The van der Waals surface area contributed by atoms with Crippen LogP contribution >= 0.6 is 22.9 Å². The molecule has 0 aliphatic rings. The van der Waals surface area contributed by atoms with E-state index in [-0.39, 0.29) is 0 Å². The van der Waals surface area contributed by atoms with Crippen LogP contribution in [0, 0.1) is 0 Å². The minimum absolute atomic E-state index is 0.729. The van der Waals surface area contributed by atoms with Crippen LogP contribution in [0.5, 0.6) is 0 Å². The summed E-state index contributed by atoms with van der Waals surface area (Å²) in [4.78, 5) is 8.95. The number of aromatic nitrogens is 2. The van der Waals surface area contributed by atoms with Crippen molar-refractivity contribution in [3.8, 4) is 0 Å². The van der Waals surface area contributed by atoms with Gasteiger partial charge < -0.3 is 5.32 Å². The number of nitrogens with zero attached hydrogens (tertiary/aromatic N) is 2. The Balaban J connectivity index is 1.79. The fourth-order valence-electron chi connectivity index (χ4n) is 2.28. The van der Waals surface area contributed by atoms with Crippen LogP contribution < -0.4 is 5.32 Å². The van der Waals surface area contributed by atoms with Crippen molar-refractivity contribution in [1.82, 2.24) is 9.97 Å². The fraction of sp³-hybridized carbons (Fsp3) is 0. The van der Waals surface area contributed by atoms with Crippen molar-refractivity contribution < 1.29 is 0 Å². The topological polar surface area (TPSA) is 37.8 Å². The van der Waals surface area contributed by atoms with Crippen LogP contribution in [0.15, 0.2) is 54.7 Å². The molecule has 0 radical (unpaired) electrons. The van der Waals surface area contributed by atoms with Crippen LogP contribution in [0.3, 0.4) is 0 Å². The standard InChI is InChI=1S/C16H10ClN3S/c17-10-6-7-14-15(9-10)21-16(20-14)19-13-5-1-4-12-11(13)3-2-8-18-12/h1-9H,(H,19,20). The molecular weight excluding hydrogens is 302 g/mol. The summed E-state index contributed by atoms with van der Waals surface area (Å²) < 4.78 is 1.07. The highest BCUT2D eigenvalue weighted by molar-refractivity contribution is 7.22. The van der Waals surface area contributed by atoms with Crippen molar-refractivity contribution in [1.29, 1.82) is 0 Å². The van der Waals surface area contributed by atoms with Gasteiger partial charge in [-0.1, -0.05) is 29.0 Å². The molecule has 0 unspecified atom stereocenters. The SMILES string of the molecule is Clc1ccc2nc(Nc3cccc4ncccc34)sc2c1. The van der Waals surface area contributed by atoms with Crippen molar-refractivity contribution in [3.63, 3.8) is 0 Å². The maximum absolute atomic E-state index is 6.02. The average Bonchev–Trinajstić information content (AvgIpc) is 2.89. The maximum Gasteiger partial charge on any atom is 0.188 e. The van der Waals surface area contributed by atoms with Gasteiger partial charge in [0.15, 0.2) is 5.13 Å². The Kier molecular flexibility index (Phi) is 2.98. The molecule has 0 atom stereocenters. The summed E-state index contributed by atoms with van der Waals surface area (Å²) >= 11 is 7.60. The number of anilines is 2. The predicted octanol–water partition coefficient (Wildman–Crippen LogP) is 5.24. The molecule has 4 aromatic rings. The van der Waals surface area contributed by atoms with Crippen LogP contribution in [0.2, 0.25) is 5.02 Å². The Morgan fingerprint density at radius 3 is 2.90 bits per heavy atom. The molecule has 0 aliphatic carbocycles. The summed E-state index contributed by atoms with van der Waals surface area (Å²) in [6.07, 6.45) is 1.80. The van der Waals surface area contributed by atoms with Crippen LogP contribution in [-0.2, 0) is 0 Å². The van der Waals surface area contributed by atoms with Gasteiger partial charge in [0.25, 0.3) is 0 Å². The number of pyridine rings is 1. The van der Waals surface area contributed by atoms with Crippen LogP contribution in [0.4, 0.5) is 10.8 Å². The Bertz CT molecular complexity index is 943. The fourth-order valence-corrected chi connectivity index (χ4v) is 3.43. The summed E-state index contributed by atoms with van der Waals surface area (Å²) in [5.41, 5.74) is 2.92. The van der Waals surface area contributed by atoms with E-state index in [9.17, 15) is 0 Å². The van der Waals surface area contributed by atoms with Crippen molar-refractivity contribution >= 4 is 54.9 Å². The minimum atomic E-state index is 0.729. The molecule has 2 aromatic heterocycles. The van der Waals surface area contributed by atoms with Gasteiger partial charge in [-0.3, -0.25) is 4.98 Å². The van der Waals surface area contributed by atoms with Gasteiger partial charge in [-0.25, -0.2) is 4.98 Å². The summed E-state index contributed by atoms with van der Waals surface area (Å²) in [5, 5.41) is 6.04. The van der Waals surface area contributed by atoms with E-state index < -0.39 is 0 Å². The molecule has 0 saturated heterocycles. The molecule has 0 saturated carbocycles. The van der Waals surface area contributed by atoms with Gasteiger partial charge in [0.1, 0.15) is 0 Å². The van der Waals surface area contributed by atoms with Gasteiger partial charge in [-0.2, -0.15) is 0 Å². The number of halogens is 1. The Morgan fingerprint density at radius 2 is 1.95 bits per heavy atom. The van der Waals surface area contributed by atoms with E-state index in [0.717, 1.165) is 37.0 Å². The van der Waals surface area contributed by atoms with Gasteiger partial charge in [-0.15, -0.1) is 0 Å². The third-order valence-corrected chi connectivity index (χ3v) is 4.41. The number of thiazole rings is 1. The quantitative estimate of drug-likeness (QED) is 0.550. The van der Waals surface area contributed by atoms with Crippen LogP contribution in [0.1, 0.15) is 0 Å². The largest absolute Gasteiger partial charge is 0.331 e. The summed E-state index contributed by atoms with van der Waals surface area (Å²) in [6.45, 7) is 0. The molecule has 102 valence electrons. The van der Waals surface area contributed by atoms with E-state index in [1.807, 2.05) is 42.5 Å². The summed E-state index contributed by atoms with van der Waals surface area (Å²) in [7, 11) is 0. The molecule has 5 heteroatoms. The lowest BCUT2D eigenvalue weighted by atomic mass is 10.2. The first-order valence-electron chi connectivity index (χ1n) is 6.46. The summed E-state index contributed by atoms with van der Waals surface area (Å²) in [5.74, 6) is 0. The van der Waals surface area contributed by atoms with Gasteiger partial charge in [0.2, 0.25) is 0 Å². The molecule has 0 fully saturated rings. The van der Waals surface area contributed by atoms with Gasteiger partial charge in [-0.05, 0) is 42.5 Å². The van der Waals surface area contributed by atoms with E-state index in [1.165, 1.54) is 0 Å². The van der Waals surface area contributed by atoms with E-state index in [1.54, 1.807) is 17.5 Å². The second kappa shape index (κ2) is 4.98. The van der Waals surface area contributed by atoms with E-state index in [2.05, 4.69) is 21.4 Å². The number of fused-ring (bicyclic) bond motifs is 2. The first-order valence-corrected chi connectivity index (χ1v) is 7.66. The number of rotatable bonds is 2. The average molecular weight is 312 g/mol. The normalized spacial score (nSPS) is 11.1. The summed E-state index contributed by atoms with van der Waals surface area (Å²) in [6, 6.07) is 15.7. The molecule has 0 bridgehead atoms. The number of benzene rings is 2. The molecule has 4 rings (SSSR count). The highest BCUT2D eigenvalue weighted by atomic mass is 35.5. The van der Waals surface area contributed by atoms with Crippen molar-refractivity contribution in [2.24, 2.45) is 0 Å². The molecule has 2 heterocycles. The van der Waals surface area contributed by atoms with Gasteiger partial charge >= 0.3 is 0 Å². The minimum Gasteiger partial charge on any atom is -0.331 e. The van der Waals surface area contributed by atoms with Gasteiger partial charge in [0.05, 0.1) is 15.7 Å². The zero-order chi connectivity index (χ0) is 14.2. The van der Waals surface area contributed by atoms with E-state index in [4.69, 9.17) is 11.6 Å². The molecule has 0 aliphatic heterocycles. The molecule has 0 spiro atoms. The van der Waals surface area contributed by atoms with Gasteiger partial charge in [0, 0.05) is 22.3 Å². The Labute approximate surface area is 130 Å². The third-order valence-electron chi connectivity index (χ3n) is 3.24. The molecule has 1 N–H and O–H groups in total. The molecular formula is C16H10ClN3S. The third kappa shape index (κ3) is 2.33. The van der Waals surface area contributed by atoms with E-state index in [0.29, 0.717) is 0 Å².